The van der Waals surface area contributed by atoms with Crippen LogP contribution in [0.2, 0.25) is 0 Å². The predicted molar refractivity (Wildman–Crippen MR) is 92.3 cm³/mol. The van der Waals surface area contributed by atoms with Gasteiger partial charge in [0.05, 0.1) is 15.3 Å². The van der Waals surface area contributed by atoms with Crippen molar-refractivity contribution < 1.29 is 4.79 Å². The number of anilines is 1. The first-order valence-electron chi connectivity index (χ1n) is 6.64. The summed E-state index contributed by atoms with van der Waals surface area (Å²) in [5.74, 6) is 0.0574. The molecule has 1 amide bonds. The summed E-state index contributed by atoms with van der Waals surface area (Å²) in [6, 6.07) is 8.02. The molecule has 2 aromatic rings. The maximum Gasteiger partial charge on any atom is 0.236 e. The molecule has 0 bridgehead atoms. The lowest BCUT2D eigenvalue weighted by atomic mass is 9.95. The van der Waals surface area contributed by atoms with Crippen molar-refractivity contribution in [1.29, 1.82) is 0 Å². The van der Waals surface area contributed by atoms with Crippen molar-refractivity contribution in [1.82, 2.24) is 4.98 Å². The van der Waals surface area contributed by atoms with Gasteiger partial charge in [-0.2, -0.15) is 0 Å². The zero-order valence-corrected chi connectivity index (χ0v) is 15.0. The summed E-state index contributed by atoms with van der Waals surface area (Å²) < 4.78 is 2.16. The van der Waals surface area contributed by atoms with Crippen molar-refractivity contribution in [3.05, 3.63) is 40.0 Å². The van der Waals surface area contributed by atoms with Gasteiger partial charge in [-0.15, -0.1) is 11.8 Å². The van der Waals surface area contributed by atoms with Crippen LogP contribution in [-0.2, 0) is 10.2 Å². The monoisotopic (exact) mass is 382 g/mol. The normalized spacial score (nSPS) is 15.8. The molecule has 1 heterocycles. The third kappa shape index (κ3) is 2.89. The number of thiazole rings is 1. The highest BCUT2D eigenvalue weighted by atomic mass is 79.9. The Morgan fingerprint density at radius 1 is 1.48 bits per heavy atom. The number of nitrogens with one attached hydrogen (secondary N) is 1. The van der Waals surface area contributed by atoms with Gasteiger partial charge in [-0.1, -0.05) is 39.4 Å². The van der Waals surface area contributed by atoms with Crippen LogP contribution >= 0.6 is 39.0 Å². The molecule has 0 atom stereocenters. The molecule has 21 heavy (non-hydrogen) atoms. The van der Waals surface area contributed by atoms with E-state index < -0.39 is 0 Å². The third-order valence-corrected chi connectivity index (χ3v) is 6.50. The van der Waals surface area contributed by atoms with Crippen molar-refractivity contribution in [2.24, 2.45) is 0 Å². The maximum atomic E-state index is 12.7. The summed E-state index contributed by atoms with van der Waals surface area (Å²) in [5, 5.41) is 3.70. The quantitative estimate of drug-likeness (QED) is 0.785. The van der Waals surface area contributed by atoms with E-state index in [0.29, 0.717) is 5.13 Å². The Balaban J connectivity index is 1.81. The van der Waals surface area contributed by atoms with Gasteiger partial charge in [0.1, 0.15) is 0 Å². The molecule has 0 unspecified atom stereocenters. The average Bonchev–Trinajstić information content (AvgIpc) is 3.19. The van der Waals surface area contributed by atoms with Gasteiger partial charge in [-0.3, -0.25) is 4.79 Å². The largest absolute Gasteiger partial charge is 0.301 e. The van der Waals surface area contributed by atoms with Crippen LogP contribution in [-0.4, -0.2) is 17.1 Å². The van der Waals surface area contributed by atoms with Crippen LogP contribution in [0, 0.1) is 6.92 Å². The fourth-order valence-electron chi connectivity index (χ4n) is 2.40. The van der Waals surface area contributed by atoms with Gasteiger partial charge in [0.25, 0.3) is 0 Å². The van der Waals surface area contributed by atoms with Crippen LogP contribution in [0.15, 0.2) is 32.9 Å². The van der Waals surface area contributed by atoms with E-state index in [1.165, 1.54) is 0 Å². The standard InChI is InChI=1S/C15H15BrN2OS2/c1-9-12(20-2)21-14(17-9)18-13(19)15(6-7-15)10-4-3-5-11(16)8-10/h3-5,8H,6-7H2,1-2H3,(H,17,18,19). The molecular weight excluding hydrogens is 368 g/mol. The minimum absolute atomic E-state index is 0.0574. The topological polar surface area (TPSA) is 42.0 Å². The first-order chi connectivity index (χ1) is 10.0. The first kappa shape index (κ1) is 15.1. The lowest BCUT2D eigenvalue weighted by Crippen LogP contribution is -2.27. The Labute approximate surface area is 140 Å². The van der Waals surface area contributed by atoms with Gasteiger partial charge in [-0.05, 0) is 43.7 Å². The lowest BCUT2D eigenvalue weighted by Gasteiger charge is -2.14. The zero-order valence-electron chi connectivity index (χ0n) is 11.8. The number of hydrogen-bond acceptors (Lipinski definition) is 4. The highest BCUT2D eigenvalue weighted by Crippen LogP contribution is 2.49. The minimum Gasteiger partial charge on any atom is -0.301 e. The summed E-state index contributed by atoms with van der Waals surface area (Å²) in [7, 11) is 0. The second kappa shape index (κ2) is 5.74. The van der Waals surface area contributed by atoms with Gasteiger partial charge >= 0.3 is 0 Å². The number of amides is 1. The van der Waals surface area contributed by atoms with Gasteiger partial charge in [0.2, 0.25) is 5.91 Å². The summed E-state index contributed by atoms with van der Waals surface area (Å²) in [5.41, 5.74) is 1.69. The van der Waals surface area contributed by atoms with Crippen molar-refractivity contribution in [2.75, 3.05) is 11.6 Å². The molecule has 3 rings (SSSR count). The number of thioether (sulfide) groups is 1. The van der Waals surface area contributed by atoms with Crippen LogP contribution in [0.5, 0.6) is 0 Å². The molecule has 0 aliphatic heterocycles. The molecule has 1 aromatic heterocycles. The molecule has 1 aliphatic rings. The smallest absolute Gasteiger partial charge is 0.236 e. The van der Waals surface area contributed by atoms with Crippen LogP contribution in [0.25, 0.3) is 0 Å². The van der Waals surface area contributed by atoms with Crippen molar-refractivity contribution in [3.8, 4) is 0 Å². The molecule has 110 valence electrons. The molecule has 1 N–H and O–H groups in total. The van der Waals surface area contributed by atoms with Gasteiger partial charge in [0.15, 0.2) is 5.13 Å². The molecule has 3 nitrogen and oxygen atoms in total. The van der Waals surface area contributed by atoms with Crippen LogP contribution in [0.1, 0.15) is 24.1 Å². The number of rotatable bonds is 4. The van der Waals surface area contributed by atoms with Crippen molar-refractivity contribution in [3.63, 3.8) is 0 Å². The Morgan fingerprint density at radius 3 is 2.81 bits per heavy atom. The van der Waals surface area contributed by atoms with Gasteiger partial charge < -0.3 is 5.32 Å². The first-order valence-corrected chi connectivity index (χ1v) is 9.47. The van der Waals surface area contributed by atoms with Gasteiger partial charge in [-0.25, -0.2) is 4.98 Å². The third-order valence-electron chi connectivity index (χ3n) is 3.72. The van der Waals surface area contributed by atoms with Gasteiger partial charge in [0, 0.05) is 4.47 Å². The summed E-state index contributed by atoms with van der Waals surface area (Å²) in [4.78, 5) is 17.1. The highest BCUT2D eigenvalue weighted by Gasteiger charge is 2.51. The number of benzene rings is 1. The van der Waals surface area contributed by atoms with E-state index in [0.717, 1.165) is 32.8 Å². The van der Waals surface area contributed by atoms with E-state index in [-0.39, 0.29) is 11.3 Å². The van der Waals surface area contributed by atoms with Crippen LogP contribution in [0.3, 0.4) is 0 Å². The molecule has 1 aliphatic carbocycles. The van der Waals surface area contributed by atoms with E-state index in [4.69, 9.17) is 0 Å². The molecule has 0 saturated heterocycles. The number of hydrogen-bond donors (Lipinski definition) is 1. The zero-order chi connectivity index (χ0) is 15.0. The Kier molecular flexibility index (Phi) is 4.12. The summed E-state index contributed by atoms with van der Waals surface area (Å²) in [6.45, 7) is 1.97. The predicted octanol–water partition coefficient (Wildman–Crippen LogP) is 4.61. The minimum atomic E-state index is -0.372. The number of carbonyl (C=O) groups excluding carboxylic acids is 1. The molecule has 0 radical (unpaired) electrons. The fraction of sp³-hybridized carbons (Fsp3) is 0.333. The molecule has 0 spiro atoms. The second-order valence-corrected chi connectivity index (χ2v) is 8.13. The molecular formula is C15H15BrN2OS2. The second-order valence-electron chi connectivity index (χ2n) is 5.14. The molecule has 1 saturated carbocycles. The number of halogens is 1. The van der Waals surface area contributed by atoms with Crippen LogP contribution in [0.4, 0.5) is 5.13 Å². The Bertz CT molecular complexity index is 695. The summed E-state index contributed by atoms with van der Waals surface area (Å²) in [6.07, 6.45) is 3.82. The summed E-state index contributed by atoms with van der Waals surface area (Å²) >= 11 is 6.68. The van der Waals surface area contributed by atoms with Crippen molar-refractivity contribution >= 4 is 50.1 Å². The Hall–Kier alpha value is -0.850. The van der Waals surface area contributed by atoms with E-state index in [9.17, 15) is 4.79 Å². The SMILES string of the molecule is CSc1sc(NC(=O)C2(c3cccc(Br)c3)CC2)nc1C. The average molecular weight is 383 g/mol. The fourth-order valence-corrected chi connectivity index (χ4v) is 4.41. The lowest BCUT2D eigenvalue weighted by molar-refractivity contribution is -0.118. The van der Waals surface area contributed by atoms with Crippen molar-refractivity contribution in [2.45, 2.75) is 29.4 Å². The number of aryl methyl sites for hydroxylation is 1. The molecule has 6 heteroatoms. The number of aromatic nitrogens is 1. The van der Waals surface area contributed by atoms with E-state index in [1.807, 2.05) is 37.4 Å². The van der Waals surface area contributed by atoms with E-state index in [1.54, 1.807) is 23.1 Å². The number of nitrogens with zero attached hydrogens (tertiary/aromatic N) is 1. The Morgan fingerprint density at radius 2 is 2.24 bits per heavy atom. The molecule has 1 aromatic carbocycles. The molecule has 1 fully saturated rings. The van der Waals surface area contributed by atoms with E-state index >= 15 is 0 Å². The van der Waals surface area contributed by atoms with E-state index in [2.05, 4.69) is 26.2 Å². The highest BCUT2D eigenvalue weighted by molar-refractivity contribution is 9.10. The van der Waals surface area contributed by atoms with Crippen LogP contribution < -0.4 is 5.32 Å². The maximum absolute atomic E-state index is 12.7. The number of carbonyl (C=O) groups is 1.